The Morgan fingerprint density at radius 1 is 1.00 bits per heavy atom. The number of nitrogens with one attached hydrogen (secondary N) is 2. The van der Waals surface area contributed by atoms with Crippen LogP contribution in [0.15, 0.2) is 83.9 Å². The molecule has 8 nitrogen and oxygen atoms in total. The molecule has 0 atom stereocenters. The standard InChI is InChI=1S/C30H25F2N5O3S/c1-40-30-26(37-41-27-9-7-22(31)15-24(27)32)14-21(16-35-30)19-6-8-25-20(12-19)13-23(28(33)36-25)17-2-4-18(5-3-17)29(39)34-10-11-38/h2-9,12-16,37-38H,10-11H2,1H3,(H2,33,36)(H,34,39). The van der Waals surface area contributed by atoms with Crippen LogP contribution in [0.4, 0.5) is 20.3 Å². The number of rotatable bonds is 9. The SMILES string of the molecule is COc1ncc(-c2ccc3nc(N)c(-c4ccc(C(=O)NCCO)cc4)cc3c2)cc1NSc1ccc(F)cc1F. The van der Waals surface area contributed by atoms with E-state index in [9.17, 15) is 13.6 Å². The Morgan fingerprint density at radius 3 is 2.51 bits per heavy atom. The highest BCUT2D eigenvalue weighted by Crippen LogP contribution is 2.35. The van der Waals surface area contributed by atoms with Crippen molar-refractivity contribution >= 4 is 40.3 Å². The molecule has 5 N–H and O–H groups in total. The number of ether oxygens (including phenoxy) is 1. The second-order valence-corrected chi connectivity index (χ2v) is 9.79. The lowest BCUT2D eigenvalue weighted by Gasteiger charge is -2.13. The van der Waals surface area contributed by atoms with E-state index < -0.39 is 11.6 Å². The molecule has 0 aliphatic carbocycles. The van der Waals surface area contributed by atoms with Gasteiger partial charge < -0.3 is 25.6 Å². The van der Waals surface area contributed by atoms with Crippen LogP contribution in [0.3, 0.4) is 0 Å². The Bertz CT molecular complexity index is 1730. The summed E-state index contributed by atoms with van der Waals surface area (Å²) >= 11 is 0.981. The van der Waals surface area contributed by atoms with Crippen LogP contribution >= 0.6 is 11.9 Å². The average molecular weight is 574 g/mol. The summed E-state index contributed by atoms with van der Waals surface area (Å²) in [5, 5.41) is 12.4. The van der Waals surface area contributed by atoms with Crippen molar-refractivity contribution < 1.29 is 23.4 Å². The van der Waals surface area contributed by atoms with Gasteiger partial charge in [-0.15, -0.1) is 0 Å². The van der Waals surface area contributed by atoms with Gasteiger partial charge in [0.05, 0.1) is 24.1 Å². The largest absolute Gasteiger partial charge is 0.480 e. The fourth-order valence-corrected chi connectivity index (χ4v) is 4.85. The van der Waals surface area contributed by atoms with Crippen LogP contribution < -0.4 is 20.5 Å². The van der Waals surface area contributed by atoms with Crippen molar-refractivity contribution in [1.29, 1.82) is 0 Å². The lowest BCUT2D eigenvalue weighted by molar-refractivity contribution is 0.0945. The molecule has 41 heavy (non-hydrogen) atoms. The zero-order valence-corrected chi connectivity index (χ0v) is 22.6. The average Bonchev–Trinajstić information content (AvgIpc) is 2.99. The van der Waals surface area contributed by atoms with Crippen LogP contribution in [0.1, 0.15) is 10.4 Å². The third-order valence-electron chi connectivity index (χ3n) is 6.24. The Labute approximate surface area is 238 Å². The molecule has 2 heterocycles. The number of nitrogen functional groups attached to an aromatic ring is 1. The number of halogens is 2. The highest BCUT2D eigenvalue weighted by Gasteiger charge is 2.13. The summed E-state index contributed by atoms with van der Waals surface area (Å²) in [7, 11) is 1.48. The first-order chi connectivity index (χ1) is 19.9. The van der Waals surface area contributed by atoms with Gasteiger partial charge in [0.25, 0.3) is 5.91 Å². The van der Waals surface area contributed by atoms with Crippen LogP contribution in [-0.4, -0.2) is 41.2 Å². The number of aliphatic hydroxyl groups excluding tert-OH is 1. The van der Waals surface area contributed by atoms with Gasteiger partial charge in [-0.1, -0.05) is 18.2 Å². The normalized spacial score (nSPS) is 10.9. The third-order valence-corrected chi connectivity index (χ3v) is 7.12. The van der Waals surface area contributed by atoms with E-state index in [2.05, 4.69) is 20.0 Å². The minimum atomic E-state index is -0.678. The highest BCUT2D eigenvalue weighted by molar-refractivity contribution is 8.00. The zero-order valence-electron chi connectivity index (χ0n) is 21.8. The van der Waals surface area contributed by atoms with Gasteiger partial charge >= 0.3 is 0 Å². The molecule has 208 valence electrons. The number of hydrogen-bond acceptors (Lipinski definition) is 8. The zero-order chi connectivity index (χ0) is 28.9. The van der Waals surface area contributed by atoms with E-state index in [0.717, 1.165) is 40.1 Å². The molecular formula is C30H25F2N5O3S. The van der Waals surface area contributed by atoms with Crippen molar-refractivity contribution in [2.75, 3.05) is 30.7 Å². The molecule has 0 unspecified atom stereocenters. The Morgan fingerprint density at radius 2 is 1.78 bits per heavy atom. The smallest absolute Gasteiger partial charge is 0.251 e. The van der Waals surface area contributed by atoms with E-state index in [1.807, 2.05) is 30.3 Å². The molecule has 0 bridgehead atoms. The number of aliphatic hydroxyl groups is 1. The summed E-state index contributed by atoms with van der Waals surface area (Å²) in [6.07, 6.45) is 1.67. The number of nitrogens with zero attached hydrogens (tertiary/aromatic N) is 2. The minimum Gasteiger partial charge on any atom is -0.480 e. The second kappa shape index (κ2) is 12.2. The van der Waals surface area contributed by atoms with E-state index >= 15 is 0 Å². The molecule has 0 saturated heterocycles. The van der Waals surface area contributed by atoms with Crippen LogP contribution in [-0.2, 0) is 0 Å². The molecule has 0 spiro atoms. The predicted molar refractivity (Wildman–Crippen MR) is 157 cm³/mol. The molecule has 5 aromatic rings. The van der Waals surface area contributed by atoms with E-state index in [1.165, 1.54) is 19.2 Å². The Kier molecular flexibility index (Phi) is 8.27. The number of methoxy groups -OCH3 is 1. The molecule has 0 fully saturated rings. The molecular weight excluding hydrogens is 548 g/mol. The van der Waals surface area contributed by atoms with Crippen LogP contribution in [0.25, 0.3) is 33.2 Å². The van der Waals surface area contributed by atoms with Gasteiger partial charge in [-0.2, -0.15) is 0 Å². The molecule has 5 rings (SSSR count). The van der Waals surface area contributed by atoms with Gasteiger partial charge in [-0.25, -0.2) is 18.7 Å². The topological polar surface area (TPSA) is 122 Å². The minimum absolute atomic E-state index is 0.134. The first-order valence-corrected chi connectivity index (χ1v) is 13.3. The number of benzene rings is 3. The van der Waals surface area contributed by atoms with Gasteiger partial charge in [0.2, 0.25) is 5.88 Å². The van der Waals surface area contributed by atoms with E-state index in [0.29, 0.717) is 34.0 Å². The fraction of sp³-hybridized carbons (Fsp3) is 0.100. The number of nitrogens with two attached hydrogens (primary N) is 1. The summed E-state index contributed by atoms with van der Waals surface area (Å²) in [6, 6.07) is 19.8. The van der Waals surface area contributed by atoms with Crippen molar-refractivity contribution in [1.82, 2.24) is 15.3 Å². The number of aromatic nitrogens is 2. The third kappa shape index (κ3) is 6.21. The molecule has 0 radical (unpaired) electrons. The summed E-state index contributed by atoms with van der Waals surface area (Å²) in [6.45, 7) is 0.0435. The quantitative estimate of drug-likeness (QED) is 0.166. The van der Waals surface area contributed by atoms with Crippen molar-refractivity contribution in [2.24, 2.45) is 0 Å². The number of carbonyl (C=O) groups is 1. The van der Waals surface area contributed by atoms with Crippen molar-refractivity contribution in [3.8, 4) is 28.1 Å². The highest BCUT2D eigenvalue weighted by atomic mass is 32.2. The number of fused-ring (bicyclic) bond motifs is 1. The second-order valence-electron chi connectivity index (χ2n) is 8.95. The van der Waals surface area contributed by atoms with Gasteiger partial charge in [0.1, 0.15) is 23.1 Å². The van der Waals surface area contributed by atoms with Gasteiger partial charge in [-0.05, 0) is 71.6 Å². The van der Waals surface area contributed by atoms with Crippen molar-refractivity contribution in [3.05, 3.63) is 96.2 Å². The number of pyridine rings is 2. The first kappa shape index (κ1) is 27.8. The molecule has 0 aliphatic rings. The van der Waals surface area contributed by atoms with Crippen molar-refractivity contribution in [3.63, 3.8) is 0 Å². The van der Waals surface area contributed by atoms with E-state index in [1.54, 1.807) is 30.5 Å². The van der Waals surface area contributed by atoms with Gasteiger partial charge in [-0.3, -0.25) is 4.79 Å². The van der Waals surface area contributed by atoms with Gasteiger partial charge in [0.15, 0.2) is 0 Å². The molecule has 2 aromatic heterocycles. The number of hydrogen-bond donors (Lipinski definition) is 4. The Balaban J connectivity index is 1.43. The summed E-state index contributed by atoms with van der Waals surface area (Å²) in [5.41, 5.74) is 11.1. The van der Waals surface area contributed by atoms with Gasteiger partial charge in [0, 0.05) is 40.9 Å². The number of carbonyl (C=O) groups excluding carboxylic acids is 1. The maximum Gasteiger partial charge on any atom is 0.251 e. The number of anilines is 2. The van der Waals surface area contributed by atoms with Crippen LogP contribution in [0.5, 0.6) is 5.88 Å². The molecule has 11 heteroatoms. The summed E-state index contributed by atoms with van der Waals surface area (Å²) < 4.78 is 35.8. The molecule has 1 amide bonds. The maximum atomic E-state index is 14.1. The first-order valence-electron chi connectivity index (χ1n) is 12.5. The Hall–Kier alpha value is -4.74. The van der Waals surface area contributed by atoms with E-state index in [4.69, 9.17) is 15.6 Å². The molecule has 3 aromatic carbocycles. The fourth-order valence-electron chi connectivity index (χ4n) is 4.19. The van der Waals surface area contributed by atoms with Crippen LogP contribution in [0, 0.1) is 11.6 Å². The van der Waals surface area contributed by atoms with E-state index in [-0.39, 0.29) is 24.0 Å². The molecule has 0 saturated carbocycles. The molecule has 0 aliphatic heterocycles. The predicted octanol–water partition coefficient (Wildman–Crippen LogP) is 5.67. The lowest BCUT2D eigenvalue weighted by Crippen LogP contribution is -2.26. The monoisotopic (exact) mass is 573 g/mol. The number of amides is 1. The summed E-state index contributed by atoms with van der Waals surface area (Å²) in [4.78, 5) is 21.3. The van der Waals surface area contributed by atoms with Crippen molar-refractivity contribution in [2.45, 2.75) is 4.90 Å². The van der Waals surface area contributed by atoms with Crippen LogP contribution in [0.2, 0.25) is 0 Å². The summed E-state index contributed by atoms with van der Waals surface area (Å²) in [5.74, 6) is -0.937. The lowest BCUT2D eigenvalue weighted by atomic mass is 10.00. The maximum absolute atomic E-state index is 14.1.